The molecular weight excluding hydrogens is 573 g/mol. The van der Waals surface area contributed by atoms with Gasteiger partial charge in [-0.25, -0.2) is 4.79 Å². The highest BCUT2D eigenvalue weighted by atomic mass is 32.1. The van der Waals surface area contributed by atoms with Gasteiger partial charge in [-0.2, -0.15) is 0 Å². The Balaban J connectivity index is 1.14. The number of carbonyl (C=O) groups excluding carboxylic acids is 1. The fourth-order valence-electron chi connectivity index (χ4n) is 6.59. The van der Waals surface area contributed by atoms with Gasteiger partial charge < -0.3 is 9.47 Å². The molecule has 4 aliphatic rings. The van der Waals surface area contributed by atoms with Crippen LogP contribution in [0.25, 0.3) is 40.4 Å². The maximum Gasteiger partial charge on any atom is 0.509 e. The van der Waals surface area contributed by atoms with Gasteiger partial charge in [-0.05, 0) is 92.7 Å². The predicted octanol–water partition coefficient (Wildman–Crippen LogP) is 10.1. The van der Waals surface area contributed by atoms with Crippen molar-refractivity contribution in [1.82, 2.24) is 0 Å². The van der Waals surface area contributed by atoms with E-state index in [2.05, 4.69) is 95.7 Å². The third kappa shape index (κ3) is 3.42. The van der Waals surface area contributed by atoms with Crippen LogP contribution in [0.5, 0.6) is 0 Å². The molecule has 0 radical (unpaired) electrons. The van der Waals surface area contributed by atoms with Crippen LogP contribution in [-0.4, -0.2) is 18.4 Å². The Labute approximate surface area is 246 Å². The van der Waals surface area contributed by atoms with Crippen LogP contribution >= 0.6 is 45.3 Å². The fourth-order valence-corrected chi connectivity index (χ4v) is 10.3. The zero-order valence-electron chi connectivity index (χ0n) is 20.9. The van der Waals surface area contributed by atoms with Crippen molar-refractivity contribution in [2.75, 3.05) is 0 Å². The Hall–Kier alpha value is -3.49. The molecule has 5 heterocycles. The molecule has 7 heteroatoms. The summed E-state index contributed by atoms with van der Waals surface area (Å²) in [6.07, 6.45) is -1.14. The maximum absolute atomic E-state index is 12.4. The number of rotatable bonds is 4. The first kappa shape index (κ1) is 23.2. The highest BCUT2D eigenvalue weighted by molar-refractivity contribution is 7.23. The van der Waals surface area contributed by atoms with E-state index >= 15 is 0 Å². The second kappa shape index (κ2) is 8.75. The highest BCUT2D eigenvalue weighted by Crippen LogP contribution is 2.58. The summed E-state index contributed by atoms with van der Waals surface area (Å²) in [7, 11) is 0. The molecule has 1 aliphatic heterocycles. The normalized spacial score (nSPS) is 21.9. The van der Waals surface area contributed by atoms with E-state index in [-0.39, 0.29) is 24.0 Å². The van der Waals surface area contributed by atoms with Crippen LogP contribution in [0.3, 0.4) is 0 Å². The molecule has 1 fully saturated rings. The quantitative estimate of drug-likeness (QED) is 0.191. The standard InChI is InChI=1S/C33H20O3S4/c34-33-35-31-29-20-8-6-18(24-10-12-28(40-24)26-4-2-14-38-26)16-22(20)30(32(31)36-33)19-7-5-17(15-21(19)29)23-9-11-27(39-23)25-3-1-13-37-25/h1-16,29-32H. The summed E-state index contributed by atoms with van der Waals surface area (Å²) in [5.41, 5.74) is 7.42. The first-order valence-electron chi connectivity index (χ1n) is 13.1. The van der Waals surface area contributed by atoms with E-state index in [1.54, 1.807) is 22.7 Å². The summed E-state index contributed by atoms with van der Waals surface area (Å²) in [6.45, 7) is 0. The molecule has 4 aromatic heterocycles. The molecule has 4 atom stereocenters. The molecule has 6 aromatic rings. The van der Waals surface area contributed by atoms with Gasteiger partial charge in [0.05, 0.1) is 11.8 Å². The van der Waals surface area contributed by atoms with Gasteiger partial charge in [0.1, 0.15) is 0 Å². The van der Waals surface area contributed by atoms with Crippen molar-refractivity contribution in [2.24, 2.45) is 0 Å². The molecule has 40 heavy (non-hydrogen) atoms. The summed E-state index contributed by atoms with van der Waals surface area (Å²) in [4.78, 5) is 20.1. The molecule has 2 aromatic carbocycles. The molecule has 1 saturated heterocycles. The van der Waals surface area contributed by atoms with Crippen molar-refractivity contribution >= 4 is 51.5 Å². The van der Waals surface area contributed by atoms with E-state index < -0.39 is 6.16 Å². The third-order valence-corrected chi connectivity index (χ3v) is 12.7. The third-order valence-electron chi connectivity index (χ3n) is 8.27. The van der Waals surface area contributed by atoms with Crippen LogP contribution in [0.1, 0.15) is 34.1 Å². The van der Waals surface area contributed by atoms with Gasteiger partial charge in [-0.1, -0.05) is 36.4 Å². The Morgan fingerprint density at radius 1 is 0.500 bits per heavy atom. The van der Waals surface area contributed by atoms with Crippen LogP contribution in [0.4, 0.5) is 4.79 Å². The first-order chi connectivity index (χ1) is 19.7. The van der Waals surface area contributed by atoms with Crippen molar-refractivity contribution in [3.63, 3.8) is 0 Å². The molecule has 3 aliphatic carbocycles. The fraction of sp³-hybridized carbons (Fsp3) is 0.121. The summed E-state index contributed by atoms with van der Waals surface area (Å²) in [5, 5.41) is 4.24. The molecule has 0 saturated carbocycles. The van der Waals surface area contributed by atoms with Crippen LogP contribution in [0.2, 0.25) is 0 Å². The van der Waals surface area contributed by atoms with Crippen molar-refractivity contribution in [3.8, 4) is 40.4 Å². The van der Waals surface area contributed by atoms with Crippen molar-refractivity contribution in [2.45, 2.75) is 24.0 Å². The van der Waals surface area contributed by atoms with E-state index in [9.17, 15) is 4.79 Å². The second-order valence-electron chi connectivity index (χ2n) is 10.3. The summed E-state index contributed by atoms with van der Waals surface area (Å²) in [5.74, 6) is -0.0793. The topological polar surface area (TPSA) is 35.5 Å². The Bertz CT molecular complexity index is 1770. The average Bonchev–Trinajstić information content (AvgIpc) is 3.80. The minimum Gasteiger partial charge on any atom is -0.426 e. The van der Waals surface area contributed by atoms with Gasteiger partial charge >= 0.3 is 6.16 Å². The number of carbonyl (C=O) groups is 1. The number of thiophene rings is 4. The molecular formula is C33H20O3S4. The Morgan fingerprint density at radius 3 is 1.43 bits per heavy atom. The zero-order valence-corrected chi connectivity index (χ0v) is 24.2. The molecule has 2 bridgehead atoms. The first-order valence-corrected chi connectivity index (χ1v) is 16.5. The van der Waals surface area contributed by atoms with Crippen LogP contribution in [-0.2, 0) is 9.47 Å². The van der Waals surface area contributed by atoms with Gasteiger partial charge in [0, 0.05) is 29.3 Å². The van der Waals surface area contributed by atoms with Crippen LogP contribution in [0, 0.1) is 0 Å². The van der Waals surface area contributed by atoms with Crippen molar-refractivity contribution in [3.05, 3.63) is 118 Å². The summed E-state index contributed by atoms with van der Waals surface area (Å²) >= 11 is 7.18. The van der Waals surface area contributed by atoms with Crippen LogP contribution in [0.15, 0.2) is 95.7 Å². The molecule has 4 unspecified atom stereocenters. The smallest absolute Gasteiger partial charge is 0.426 e. The molecule has 10 rings (SSSR count). The second-order valence-corrected chi connectivity index (χ2v) is 14.4. The number of ether oxygens (including phenoxy) is 2. The Kier molecular flexibility index (Phi) is 5.08. The minimum absolute atomic E-state index is 0.0396. The van der Waals surface area contributed by atoms with E-state index in [4.69, 9.17) is 9.47 Å². The lowest BCUT2D eigenvalue weighted by Gasteiger charge is -2.45. The van der Waals surface area contributed by atoms with Crippen molar-refractivity contribution in [1.29, 1.82) is 0 Å². The number of benzene rings is 2. The van der Waals surface area contributed by atoms with Gasteiger partial charge in [-0.15, -0.1) is 45.3 Å². The number of hydrogen-bond acceptors (Lipinski definition) is 7. The van der Waals surface area contributed by atoms with E-state index in [0.717, 1.165) is 0 Å². The zero-order chi connectivity index (χ0) is 26.4. The molecule has 0 spiro atoms. The molecule has 3 nitrogen and oxygen atoms in total. The number of hydrogen-bond donors (Lipinski definition) is 0. The van der Waals surface area contributed by atoms with Gasteiger partial charge in [0.25, 0.3) is 0 Å². The van der Waals surface area contributed by atoms with Gasteiger partial charge in [-0.3, -0.25) is 0 Å². The monoisotopic (exact) mass is 592 g/mol. The summed E-state index contributed by atoms with van der Waals surface area (Å²) < 4.78 is 11.6. The lowest BCUT2D eigenvalue weighted by Crippen LogP contribution is -2.45. The summed E-state index contributed by atoms with van der Waals surface area (Å²) in [6, 6.07) is 31.0. The van der Waals surface area contributed by atoms with Gasteiger partial charge in [0.15, 0.2) is 12.2 Å². The average molecular weight is 593 g/mol. The van der Waals surface area contributed by atoms with E-state index in [1.165, 1.54) is 62.6 Å². The Morgan fingerprint density at radius 2 is 0.975 bits per heavy atom. The van der Waals surface area contributed by atoms with E-state index in [0.29, 0.717) is 0 Å². The molecule has 0 N–H and O–H groups in total. The van der Waals surface area contributed by atoms with E-state index in [1.807, 2.05) is 22.7 Å². The highest BCUT2D eigenvalue weighted by Gasteiger charge is 2.57. The lowest BCUT2D eigenvalue weighted by atomic mass is 9.60. The largest absolute Gasteiger partial charge is 0.509 e. The predicted molar refractivity (Wildman–Crippen MR) is 165 cm³/mol. The molecule has 0 amide bonds. The lowest BCUT2D eigenvalue weighted by molar-refractivity contribution is 0.103. The van der Waals surface area contributed by atoms with Crippen LogP contribution < -0.4 is 0 Å². The maximum atomic E-state index is 12.4. The van der Waals surface area contributed by atoms with Gasteiger partial charge in [0.2, 0.25) is 0 Å². The SMILES string of the molecule is O=C1OC2C3c4ccc(-c5ccc(-c6cccs6)s5)cc4C(c4ccc(-c5ccc(-c6cccs6)s5)cc43)C2O1. The minimum atomic E-state index is -0.552. The van der Waals surface area contributed by atoms with Crippen molar-refractivity contribution < 1.29 is 14.3 Å². The molecule has 194 valence electrons.